The molecule has 0 fully saturated rings. The topological polar surface area (TPSA) is 17.1 Å². The molecule has 0 aliphatic heterocycles. The summed E-state index contributed by atoms with van der Waals surface area (Å²) in [4.78, 5) is 13.4. The summed E-state index contributed by atoms with van der Waals surface area (Å²) >= 11 is 1.62. The predicted molar refractivity (Wildman–Crippen MR) is 86.8 cm³/mol. The van der Waals surface area contributed by atoms with Crippen LogP contribution in [0, 0.1) is 13.8 Å². The van der Waals surface area contributed by atoms with E-state index in [4.69, 9.17) is 0 Å². The van der Waals surface area contributed by atoms with Crippen molar-refractivity contribution in [1.82, 2.24) is 0 Å². The summed E-state index contributed by atoms with van der Waals surface area (Å²) in [5.41, 5.74) is 4.57. The van der Waals surface area contributed by atoms with Gasteiger partial charge in [0.1, 0.15) is 0 Å². The fourth-order valence-corrected chi connectivity index (χ4v) is 3.02. The van der Waals surface area contributed by atoms with Crippen molar-refractivity contribution in [3.05, 3.63) is 64.7 Å². The van der Waals surface area contributed by atoms with Gasteiger partial charge in [-0.15, -0.1) is 11.8 Å². The zero-order valence-electron chi connectivity index (χ0n) is 12.3. The molecule has 0 aliphatic rings. The number of hydrogen-bond acceptors (Lipinski definition) is 2. The molecule has 2 rings (SSSR count). The minimum atomic E-state index is 0.192. The molecule has 0 unspecified atom stereocenters. The molecule has 2 aromatic carbocycles. The summed E-state index contributed by atoms with van der Waals surface area (Å²) in [6.45, 7) is 6.30. The smallest absolute Gasteiger partial charge is 0.173 e. The van der Waals surface area contributed by atoms with Crippen LogP contribution in [0.4, 0.5) is 0 Å². The SMILES string of the molecule is CCc1ccc(C(=O)CSc2ccc(C)cc2C)cc1. The molecule has 104 valence electrons. The highest BCUT2D eigenvalue weighted by molar-refractivity contribution is 8.00. The van der Waals surface area contributed by atoms with Gasteiger partial charge in [-0.3, -0.25) is 4.79 Å². The van der Waals surface area contributed by atoms with Crippen LogP contribution in [0.25, 0.3) is 0 Å². The zero-order valence-corrected chi connectivity index (χ0v) is 13.1. The third kappa shape index (κ3) is 3.73. The van der Waals surface area contributed by atoms with E-state index in [0.717, 1.165) is 12.0 Å². The van der Waals surface area contributed by atoms with E-state index in [9.17, 15) is 4.79 Å². The van der Waals surface area contributed by atoms with Crippen molar-refractivity contribution in [1.29, 1.82) is 0 Å². The first-order valence-electron chi connectivity index (χ1n) is 6.92. The Labute approximate surface area is 125 Å². The highest BCUT2D eigenvalue weighted by Crippen LogP contribution is 2.24. The van der Waals surface area contributed by atoms with Crippen LogP contribution in [0.15, 0.2) is 47.4 Å². The van der Waals surface area contributed by atoms with Crippen LogP contribution in [-0.4, -0.2) is 11.5 Å². The van der Waals surface area contributed by atoms with E-state index in [2.05, 4.69) is 39.0 Å². The van der Waals surface area contributed by atoms with Gasteiger partial charge in [0, 0.05) is 10.5 Å². The van der Waals surface area contributed by atoms with Gasteiger partial charge in [0.05, 0.1) is 5.75 Å². The highest BCUT2D eigenvalue weighted by Gasteiger charge is 2.08. The van der Waals surface area contributed by atoms with Gasteiger partial charge < -0.3 is 0 Å². The number of aryl methyl sites for hydroxylation is 3. The molecule has 20 heavy (non-hydrogen) atoms. The van der Waals surface area contributed by atoms with Crippen molar-refractivity contribution in [3.8, 4) is 0 Å². The molecule has 1 nitrogen and oxygen atoms in total. The Bertz CT molecular complexity index is 599. The van der Waals surface area contributed by atoms with Crippen LogP contribution in [0.5, 0.6) is 0 Å². The zero-order chi connectivity index (χ0) is 14.5. The lowest BCUT2D eigenvalue weighted by molar-refractivity contribution is 0.102. The van der Waals surface area contributed by atoms with Crippen molar-refractivity contribution in [2.75, 3.05) is 5.75 Å². The normalized spacial score (nSPS) is 10.6. The van der Waals surface area contributed by atoms with Gasteiger partial charge in [-0.2, -0.15) is 0 Å². The first kappa shape index (κ1) is 14.9. The van der Waals surface area contributed by atoms with Crippen LogP contribution in [-0.2, 0) is 6.42 Å². The van der Waals surface area contributed by atoms with E-state index in [1.165, 1.54) is 21.6 Å². The average molecular weight is 284 g/mol. The Morgan fingerprint density at radius 1 is 1.05 bits per heavy atom. The van der Waals surface area contributed by atoms with E-state index in [0.29, 0.717) is 5.75 Å². The number of thioether (sulfide) groups is 1. The summed E-state index contributed by atoms with van der Waals surface area (Å²) in [5, 5.41) is 0. The van der Waals surface area contributed by atoms with E-state index < -0.39 is 0 Å². The van der Waals surface area contributed by atoms with Crippen molar-refractivity contribution in [2.24, 2.45) is 0 Å². The van der Waals surface area contributed by atoms with Crippen molar-refractivity contribution < 1.29 is 4.79 Å². The maximum atomic E-state index is 12.2. The highest BCUT2D eigenvalue weighted by atomic mass is 32.2. The minimum absolute atomic E-state index is 0.192. The summed E-state index contributed by atoms with van der Waals surface area (Å²) < 4.78 is 0. The van der Waals surface area contributed by atoms with E-state index >= 15 is 0 Å². The lowest BCUT2D eigenvalue weighted by Gasteiger charge is -2.06. The van der Waals surface area contributed by atoms with Gasteiger partial charge in [-0.1, -0.05) is 48.9 Å². The molecule has 0 atom stereocenters. The molecule has 0 saturated carbocycles. The lowest BCUT2D eigenvalue weighted by atomic mass is 10.1. The molecule has 0 bridgehead atoms. The quantitative estimate of drug-likeness (QED) is 0.577. The Morgan fingerprint density at radius 2 is 1.75 bits per heavy atom. The van der Waals surface area contributed by atoms with Gasteiger partial charge in [0.2, 0.25) is 0 Å². The summed E-state index contributed by atoms with van der Waals surface area (Å²) in [6, 6.07) is 14.3. The monoisotopic (exact) mass is 284 g/mol. The predicted octanol–water partition coefficient (Wildman–Crippen LogP) is 4.84. The van der Waals surface area contributed by atoms with Gasteiger partial charge in [0.15, 0.2) is 5.78 Å². The van der Waals surface area contributed by atoms with Crippen LogP contribution < -0.4 is 0 Å². The molecular weight excluding hydrogens is 264 g/mol. The number of ketones is 1. The van der Waals surface area contributed by atoms with Crippen molar-refractivity contribution >= 4 is 17.5 Å². The number of Topliss-reactive ketones (excluding diaryl/α,β-unsaturated/α-hetero) is 1. The molecule has 0 radical (unpaired) electrons. The lowest BCUT2D eigenvalue weighted by Crippen LogP contribution is -2.02. The standard InChI is InChI=1S/C18H20OS/c1-4-15-6-8-16(9-7-15)17(19)12-20-18-10-5-13(2)11-14(18)3/h5-11H,4,12H2,1-3H3. The maximum absolute atomic E-state index is 12.2. The van der Waals surface area contributed by atoms with Crippen LogP contribution in [0.3, 0.4) is 0 Å². The second kappa shape index (κ2) is 6.76. The molecule has 0 saturated heterocycles. The number of rotatable bonds is 5. The summed E-state index contributed by atoms with van der Waals surface area (Å²) in [5.74, 6) is 0.688. The Morgan fingerprint density at radius 3 is 2.35 bits per heavy atom. The number of carbonyl (C=O) groups is 1. The largest absolute Gasteiger partial charge is 0.293 e. The fraction of sp³-hybridized carbons (Fsp3) is 0.278. The molecule has 2 aromatic rings. The van der Waals surface area contributed by atoms with Gasteiger partial charge in [-0.05, 0) is 37.5 Å². The van der Waals surface area contributed by atoms with Crippen molar-refractivity contribution in [2.45, 2.75) is 32.1 Å². The number of hydrogen-bond donors (Lipinski definition) is 0. The van der Waals surface area contributed by atoms with Crippen LogP contribution >= 0.6 is 11.8 Å². The van der Waals surface area contributed by atoms with E-state index in [-0.39, 0.29) is 5.78 Å². The fourth-order valence-electron chi connectivity index (χ4n) is 2.11. The average Bonchev–Trinajstić information content (AvgIpc) is 2.46. The first-order chi connectivity index (χ1) is 9.60. The molecule has 0 amide bonds. The summed E-state index contributed by atoms with van der Waals surface area (Å²) in [6.07, 6.45) is 1.01. The molecule has 0 heterocycles. The molecular formula is C18H20OS. The minimum Gasteiger partial charge on any atom is -0.293 e. The van der Waals surface area contributed by atoms with E-state index in [1.54, 1.807) is 11.8 Å². The van der Waals surface area contributed by atoms with Gasteiger partial charge in [0.25, 0.3) is 0 Å². The summed E-state index contributed by atoms with van der Waals surface area (Å²) in [7, 11) is 0. The second-order valence-corrected chi connectivity index (χ2v) is 6.05. The van der Waals surface area contributed by atoms with Gasteiger partial charge in [-0.25, -0.2) is 0 Å². The maximum Gasteiger partial charge on any atom is 0.173 e. The van der Waals surface area contributed by atoms with Crippen LogP contribution in [0.2, 0.25) is 0 Å². The Kier molecular flexibility index (Phi) is 5.02. The second-order valence-electron chi connectivity index (χ2n) is 5.03. The first-order valence-corrected chi connectivity index (χ1v) is 7.91. The van der Waals surface area contributed by atoms with Crippen molar-refractivity contribution in [3.63, 3.8) is 0 Å². The van der Waals surface area contributed by atoms with Gasteiger partial charge >= 0.3 is 0 Å². The molecule has 2 heteroatoms. The van der Waals surface area contributed by atoms with E-state index in [1.807, 2.05) is 24.3 Å². The third-order valence-electron chi connectivity index (χ3n) is 3.37. The Hall–Kier alpha value is -1.54. The Balaban J connectivity index is 2.00. The molecule has 0 spiro atoms. The third-order valence-corrected chi connectivity index (χ3v) is 4.55. The molecule has 0 aromatic heterocycles. The number of benzene rings is 2. The molecule has 0 aliphatic carbocycles. The number of carbonyl (C=O) groups excluding carboxylic acids is 1. The molecule has 0 N–H and O–H groups in total. The van der Waals surface area contributed by atoms with Crippen LogP contribution in [0.1, 0.15) is 34.0 Å².